The Kier molecular flexibility index (Phi) is 5.86. The van der Waals surface area contributed by atoms with Gasteiger partial charge in [0.15, 0.2) is 11.5 Å². The zero-order valence-electron chi connectivity index (χ0n) is 15.1. The van der Waals surface area contributed by atoms with Crippen LogP contribution in [0.3, 0.4) is 0 Å². The third kappa shape index (κ3) is 4.45. The minimum absolute atomic E-state index is 0.122. The van der Waals surface area contributed by atoms with Crippen molar-refractivity contribution >= 4 is 17.3 Å². The highest BCUT2D eigenvalue weighted by molar-refractivity contribution is 6.05. The van der Waals surface area contributed by atoms with Crippen LogP contribution >= 0.6 is 0 Å². The van der Waals surface area contributed by atoms with Crippen molar-refractivity contribution in [3.05, 3.63) is 88.5 Å². The standard InChI is InChI=1S/C21H18N2O5/c1-2-27-20-13-12-15(14-18(20)23(25)26)21(24)22-17-10-6-7-11-19(17)28-16-8-4-3-5-9-16/h3-14H,2H2,1H3,(H,22,24). The third-order valence-electron chi connectivity index (χ3n) is 3.82. The number of nitro groups is 1. The second kappa shape index (κ2) is 8.68. The van der Waals surface area contributed by atoms with E-state index in [1.807, 2.05) is 18.2 Å². The minimum atomic E-state index is -0.575. The molecule has 142 valence electrons. The highest BCUT2D eigenvalue weighted by atomic mass is 16.6. The van der Waals surface area contributed by atoms with Gasteiger partial charge in [-0.15, -0.1) is 0 Å². The van der Waals surface area contributed by atoms with E-state index >= 15 is 0 Å². The number of hydrogen-bond donors (Lipinski definition) is 1. The Labute approximate surface area is 161 Å². The van der Waals surface area contributed by atoms with Crippen molar-refractivity contribution in [1.82, 2.24) is 0 Å². The fourth-order valence-electron chi connectivity index (χ4n) is 2.55. The second-order valence-corrected chi connectivity index (χ2v) is 5.74. The minimum Gasteiger partial charge on any atom is -0.487 e. The lowest BCUT2D eigenvalue weighted by Gasteiger charge is -2.12. The summed E-state index contributed by atoms with van der Waals surface area (Å²) in [6.45, 7) is 2.02. The quantitative estimate of drug-likeness (QED) is 0.459. The van der Waals surface area contributed by atoms with E-state index in [4.69, 9.17) is 9.47 Å². The average molecular weight is 378 g/mol. The maximum Gasteiger partial charge on any atom is 0.311 e. The molecule has 0 heterocycles. The van der Waals surface area contributed by atoms with Gasteiger partial charge in [0.1, 0.15) is 5.75 Å². The Balaban J connectivity index is 1.84. The molecule has 7 nitrogen and oxygen atoms in total. The fourth-order valence-corrected chi connectivity index (χ4v) is 2.55. The van der Waals surface area contributed by atoms with Crippen molar-refractivity contribution in [1.29, 1.82) is 0 Å². The molecule has 0 bridgehead atoms. The van der Waals surface area contributed by atoms with Crippen LogP contribution in [-0.4, -0.2) is 17.4 Å². The van der Waals surface area contributed by atoms with E-state index in [-0.39, 0.29) is 23.6 Å². The molecule has 0 aromatic heterocycles. The highest BCUT2D eigenvalue weighted by Gasteiger charge is 2.19. The van der Waals surface area contributed by atoms with Gasteiger partial charge in [0.25, 0.3) is 5.91 Å². The monoisotopic (exact) mass is 378 g/mol. The first-order valence-corrected chi connectivity index (χ1v) is 8.63. The summed E-state index contributed by atoms with van der Waals surface area (Å²) in [4.78, 5) is 23.3. The number of para-hydroxylation sites is 3. The van der Waals surface area contributed by atoms with Crippen molar-refractivity contribution in [3.63, 3.8) is 0 Å². The molecule has 3 aromatic rings. The molecule has 0 spiro atoms. The highest BCUT2D eigenvalue weighted by Crippen LogP contribution is 2.31. The van der Waals surface area contributed by atoms with Crippen LogP contribution in [0.5, 0.6) is 17.2 Å². The number of benzene rings is 3. The van der Waals surface area contributed by atoms with Crippen LogP contribution in [0.1, 0.15) is 17.3 Å². The van der Waals surface area contributed by atoms with Crippen LogP contribution in [0.2, 0.25) is 0 Å². The number of hydrogen-bond acceptors (Lipinski definition) is 5. The van der Waals surface area contributed by atoms with Gasteiger partial charge in [-0.3, -0.25) is 14.9 Å². The van der Waals surface area contributed by atoms with Crippen molar-refractivity contribution in [2.24, 2.45) is 0 Å². The molecule has 0 radical (unpaired) electrons. The Morgan fingerprint density at radius 3 is 2.43 bits per heavy atom. The van der Waals surface area contributed by atoms with Crippen LogP contribution in [0.25, 0.3) is 0 Å². The number of carbonyl (C=O) groups is 1. The van der Waals surface area contributed by atoms with Crippen LogP contribution in [0.15, 0.2) is 72.8 Å². The first-order chi connectivity index (χ1) is 13.6. The van der Waals surface area contributed by atoms with E-state index in [0.29, 0.717) is 17.2 Å². The molecule has 1 amide bonds. The molecule has 1 N–H and O–H groups in total. The number of nitro benzene ring substituents is 1. The first kappa shape index (κ1) is 18.9. The molecule has 0 atom stereocenters. The van der Waals surface area contributed by atoms with E-state index in [1.165, 1.54) is 18.2 Å². The lowest BCUT2D eigenvalue weighted by atomic mass is 10.1. The number of nitrogens with one attached hydrogen (secondary N) is 1. The zero-order chi connectivity index (χ0) is 19.9. The summed E-state index contributed by atoms with van der Waals surface area (Å²) < 4.78 is 11.1. The SMILES string of the molecule is CCOc1ccc(C(=O)Nc2ccccc2Oc2ccccc2)cc1[N+](=O)[O-]. The molecule has 7 heteroatoms. The summed E-state index contributed by atoms with van der Waals surface area (Å²) in [6.07, 6.45) is 0. The number of amides is 1. The number of rotatable bonds is 7. The van der Waals surface area contributed by atoms with Gasteiger partial charge >= 0.3 is 5.69 Å². The maximum atomic E-state index is 12.6. The van der Waals surface area contributed by atoms with Crippen molar-refractivity contribution in [2.75, 3.05) is 11.9 Å². The lowest BCUT2D eigenvalue weighted by molar-refractivity contribution is -0.385. The lowest BCUT2D eigenvalue weighted by Crippen LogP contribution is -2.13. The van der Waals surface area contributed by atoms with Crippen LogP contribution < -0.4 is 14.8 Å². The molecule has 0 unspecified atom stereocenters. The van der Waals surface area contributed by atoms with Gasteiger partial charge in [-0.05, 0) is 43.3 Å². The predicted octanol–water partition coefficient (Wildman–Crippen LogP) is 5.04. The normalized spacial score (nSPS) is 10.2. The summed E-state index contributed by atoms with van der Waals surface area (Å²) in [7, 11) is 0. The number of carbonyl (C=O) groups excluding carboxylic acids is 1. The van der Waals surface area contributed by atoms with Crippen LogP contribution in [0, 0.1) is 10.1 Å². The molecular weight excluding hydrogens is 360 g/mol. The Hall–Kier alpha value is -3.87. The van der Waals surface area contributed by atoms with Gasteiger partial charge in [-0.2, -0.15) is 0 Å². The topological polar surface area (TPSA) is 90.7 Å². The molecule has 0 aliphatic heterocycles. The van der Waals surface area contributed by atoms with Crippen LogP contribution in [0.4, 0.5) is 11.4 Å². The van der Waals surface area contributed by atoms with E-state index in [0.717, 1.165) is 0 Å². The summed E-state index contributed by atoms with van der Waals surface area (Å²) in [6, 6.07) is 20.2. The largest absolute Gasteiger partial charge is 0.487 e. The van der Waals surface area contributed by atoms with Gasteiger partial charge < -0.3 is 14.8 Å². The summed E-state index contributed by atoms with van der Waals surface area (Å²) >= 11 is 0. The summed E-state index contributed by atoms with van der Waals surface area (Å²) in [5, 5.41) is 14.0. The molecular formula is C21H18N2O5. The molecule has 0 saturated carbocycles. The second-order valence-electron chi connectivity index (χ2n) is 5.74. The van der Waals surface area contributed by atoms with Crippen molar-refractivity contribution in [3.8, 4) is 17.2 Å². The molecule has 0 fully saturated rings. The number of nitrogens with zero attached hydrogens (tertiary/aromatic N) is 1. The fraction of sp³-hybridized carbons (Fsp3) is 0.0952. The van der Waals surface area contributed by atoms with Gasteiger partial charge in [-0.1, -0.05) is 30.3 Å². The maximum absolute atomic E-state index is 12.6. The van der Waals surface area contributed by atoms with E-state index in [9.17, 15) is 14.9 Å². The Morgan fingerprint density at radius 1 is 1.00 bits per heavy atom. The molecule has 0 saturated heterocycles. The van der Waals surface area contributed by atoms with Gasteiger partial charge in [0.05, 0.1) is 17.2 Å². The molecule has 28 heavy (non-hydrogen) atoms. The molecule has 3 aromatic carbocycles. The number of anilines is 1. The van der Waals surface area contributed by atoms with E-state index < -0.39 is 10.8 Å². The smallest absolute Gasteiger partial charge is 0.311 e. The van der Waals surface area contributed by atoms with Gasteiger partial charge in [0, 0.05) is 11.6 Å². The first-order valence-electron chi connectivity index (χ1n) is 8.63. The van der Waals surface area contributed by atoms with Crippen molar-refractivity contribution in [2.45, 2.75) is 6.92 Å². The molecule has 3 rings (SSSR count). The molecule has 0 aliphatic rings. The van der Waals surface area contributed by atoms with Gasteiger partial charge in [-0.25, -0.2) is 0 Å². The van der Waals surface area contributed by atoms with E-state index in [2.05, 4.69) is 5.32 Å². The van der Waals surface area contributed by atoms with Gasteiger partial charge in [0.2, 0.25) is 0 Å². The molecule has 0 aliphatic carbocycles. The Bertz CT molecular complexity index is 989. The summed E-state index contributed by atoms with van der Waals surface area (Å²) in [5.74, 6) is 0.718. The number of ether oxygens (including phenoxy) is 2. The summed E-state index contributed by atoms with van der Waals surface area (Å²) in [5.41, 5.74) is 0.334. The third-order valence-corrected chi connectivity index (χ3v) is 3.82. The predicted molar refractivity (Wildman–Crippen MR) is 105 cm³/mol. The van der Waals surface area contributed by atoms with Crippen molar-refractivity contribution < 1.29 is 19.2 Å². The Morgan fingerprint density at radius 2 is 1.71 bits per heavy atom. The average Bonchev–Trinajstić information content (AvgIpc) is 2.70. The zero-order valence-corrected chi connectivity index (χ0v) is 15.1. The van der Waals surface area contributed by atoms with Crippen LogP contribution in [-0.2, 0) is 0 Å². The van der Waals surface area contributed by atoms with E-state index in [1.54, 1.807) is 43.3 Å².